The molecule has 168 valence electrons. The van der Waals surface area contributed by atoms with E-state index in [4.69, 9.17) is 19.3 Å². The first kappa shape index (κ1) is 24.2. The molecule has 0 aliphatic carbocycles. The number of carboxylic acid groups (broad SMARTS) is 1. The normalized spacial score (nSPS) is 13.2. The van der Waals surface area contributed by atoms with Crippen LogP contribution >= 0.6 is 0 Å². The van der Waals surface area contributed by atoms with Crippen molar-refractivity contribution in [2.45, 2.75) is 58.8 Å². The third kappa shape index (κ3) is 8.68. The summed E-state index contributed by atoms with van der Waals surface area (Å²) in [5.74, 6) is -0.258. The van der Waals surface area contributed by atoms with Crippen molar-refractivity contribution in [2.24, 2.45) is 0 Å². The standard InChI is InChI=1S/C24H31NO6/c1-16(30-17(2)22(26)27)19-8-12-21(13-9-19)29-15-14-18-6-10-20(11-7-18)25-23(28)31-24(3,4)5/h6-13,16-17H,14-15H2,1-5H3,(H,25,28)(H,26,27). The van der Waals surface area contributed by atoms with Gasteiger partial charge in [0.1, 0.15) is 11.4 Å². The van der Waals surface area contributed by atoms with E-state index in [2.05, 4.69) is 5.32 Å². The summed E-state index contributed by atoms with van der Waals surface area (Å²) in [6.07, 6.45) is -0.960. The van der Waals surface area contributed by atoms with Crippen LogP contribution < -0.4 is 10.1 Å². The highest BCUT2D eigenvalue weighted by molar-refractivity contribution is 5.84. The van der Waals surface area contributed by atoms with Gasteiger partial charge in [-0.15, -0.1) is 0 Å². The molecule has 7 nitrogen and oxygen atoms in total. The van der Waals surface area contributed by atoms with Crippen LogP contribution in [0.1, 0.15) is 51.8 Å². The topological polar surface area (TPSA) is 94.1 Å². The maximum atomic E-state index is 11.8. The Morgan fingerprint density at radius 2 is 1.61 bits per heavy atom. The second kappa shape index (κ2) is 10.8. The predicted molar refractivity (Wildman–Crippen MR) is 119 cm³/mol. The molecule has 0 radical (unpaired) electrons. The molecule has 0 saturated heterocycles. The van der Waals surface area contributed by atoms with Gasteiger partial charge in [0, 0.05) is 12.1 Å². The third-order valence-electron chi connectivity index (χ3n) is 4.36. The number of amides is 1. The molecular formula is C24H31NO6. The largest absolute Gasteiger partial charge is 0.493 e. The highest BCUT2D eigenvalue weighted by atomic mass is 16.6. The van der Waals surface area contributed by atoms with Gasteiger partial charge in [-0.1, -0.05) is 24.3 Å². The highest BCUT2D eigenvalue weighted by Gasteiger charge is 2.17. The molecule has 2 unspecified atom stereocenters. The number of rotatable bonds is 9. The molecule has 0 fully saturated rings. The van der Waals surface area contributed by atoms with Crippen molar-refractivity contribution in [1.82, 2.24) is 0 Å². The summed E-state index contributed by atoms with van der Waals surface area (Å²) in [5.41, 5.74) is 2.09. The maximum absolute atomic E-state index is 11.8. The van der Waals surface area contributed by atoms with Gasteiger partial charge in [0.15, 0.2) is 6.10 Å². The first-order valence-corrected chi connectivity index (χ1v) is 10.2. The molecule has 31 heavy (non-hydrogen) atoms. The van der Waals surface area contributed by atoms with E-state index in [1.807, 2.05) is 76.2 Å². The van der Waals surface area contributed by atoms with Crippen LogP contribution in [0.25, 0.3) is 0 Å². The Kier molecular flexibility index (Phi) is 8.45. The summed E-state index contributed by atoms with van der Waals surface area (Å²) in [6.45, 7) is 9.28. The Morgan fingerprint density at radius 3 is 2.16 bits per heavy atom. The van der Waals surface area contributed by atoms with Crippen molar-refractivity contribution in [3.05, 3.63) is 59.7 Å². The monoisotopic (exact) mass is 429 g/mol. The molecule has 2 aromatic carbocycles. The van der Waals surface area contributed by atoms with Crippen LogP contribution in [0, 0.1) is 0 Å². The van der Waals surface area contributed by atoms with Crippen LogP contribution in [0.15, 0.2) is 48.5 Å². The quantitative estimate of drug-likeness (QED) is 0.569. The fraction of sp³-hybridized carbons (Fsp3) is 0.417. The van der Waals surface area contributed by atoms with Gasteiger partial charge in [0.05, 0.1) is 12.7 Å². The number of carbonyl (C=O) groups is 2. The highest BCUT2D eigenvalue weighted by Crippen LogP contribution is 2.22. The summed E-state index contributed by atoms with van der Waals surface area (Å²) < 4.78 is 16.5. The zero-order valence-corrected chi connectivity index (χ0v) is 18.7. The smallest absolute Gasteiger partial charge is 0.412 e. The number of hydrogen-bond acceptors (Lipinski definition) is 5. The summed E-state index contributed by atoms with van der Waals surface area (Å²) in [4.78, 5) is 22.7. The van der Waals surface area contributed by atoms with Crippen LogP contribution in [0.3, 0.4) is 0 Å². The Hall–Kier alpha value is -3.06. The van der Waals surface area contributed by atoms with Gasteiger partial charge in [-0.3, -0.25) is 5.32 Å². The van der Waals surface area contributed by atoms with Crippen molar-refractivity contribution >= 4 is 17.7 Å². The molecule has 2 aromatic rings. The number of benzene rings is 2. The van der Waals surface area contributed by atoms with Gasteiger partial charge in [-0.2, -0.15) is 0 Å². The zero-order valence-electron chi connectivity index (χ0n) is 18.7. The summed E-state index contributed by atoms with van der Waals surface area (Å²) in [6, 6.07) is 14.9. The Morgan fingerprint density at radius 1 is 1.00 bits per heavy atom. The van der Waals surface area contributed by atoms with Gasteiger partial charge in [0.2, 0.25) is 0 Å². The third-order valence-corrected chi connectivity index (χ3v) is 4.36. The molecule has 7 heteroatoms. The molecule has 2 N–H and O–H groups in total. The Bertz CT molecular complexity index is 855. The maximum Gasteiger partial charge on any atom is 0.412 e. The van der Waals surface area contributed by atoms with E-state index in [1.54, 1.807) is 0 Å². The molecule has 1 amide bonds. The van der Waals surface area contributed by atoms with Crippen LogP contribution in [0.5, 0.6) is 5.75 Å². The lowest BCUT2D eigenvalue weighted by Crippen LogP contribution is -2.27. The van der Waals surface area contributed by atoms with Gasteiger partial charge in [0.25, 0.3) is 0 Å². The van der Waals surface area contributed by atoms with Crippen molar-refractivity contribution in [3.8, 4) is 5.75 Å². The fourth-order valence-corrected chi connectivity index (χ4v) is 2.74. The molecule has 0 bridgehead atoms. The second-order valence-electron chi connectivity index (χ2n) is 8.25. The number of carbonyl (C=O) groups excluding carboxylic acids is 1. The van der Waals surface area contributed by atoms with Gasteiger partial charge in [-0.25, -0.2) is 9.59 Å². The van der Waals surface area contributed by atoms with E-state index in [1.165, 1.54) is 6.92 Å². The van der Waals surface area contributed by atoms with Gasteiger partial charge < -0.3 is 19.3 Å². The molecule has 0 aromatic heterocycles. The summed E-state index contributed by atoms with van der Waals surface area (Å²) in [5, 5.41) is 11.6. The number of ether oxygens (including phenoxy) is 3. The second-order valence-corrected chi connectivity index (χ2v) is 8.25. The van der Waals surface area contributed by atoms with E-state index in [9.17, 15) is 9.59 Å². The number of hydrogen-bond donors (Lipinski definition) is 2. The Labute approximate surface area is 183 Å². The predicted octanol–water partition coefficient (Wildman–Crippen LogP) is 5.21. The van der Waals surface area contributed by atoms with E-state index in [0.29, 0.717) is 18.7 Å². The van der Waals surface area contributed by atoms with Gasteiger partial charge >= 0.3 is 12.1 Å². The number of nitrogens with one attached hydrogen (secondary N) is 1. The first-order valence-electron chi connectivity index (χ1n) is 10.2. The lowest BCUT2D eigenvalue weighted by molar-refractivity contribution is -0.152. The fourth-order valence-electron chi connectivity index (χ4n) is 2.74. The molecule has 2 atom stereocenters. The number of carboxylic acids is 1. The SMILES string of the molecule is CC(OC(C)c1ccc(OCCc2ccc(NC(=O)OC(C)(C)C)cc2)cc1)C(=O)O. The van der Waals surface area contributed by atoms with E-state index >= 15 is 0 Å². The molecule has 0 heterocycles. The van der Waals surface area contributed by atoms with E-state index < -0.39 is 23.8 Å². The lowest BCUT2D eigenvalue weighted by Gasteiger charge is -2.19. The minimum atomic E-state index is -0.986. The summed E-state index contributed by atoms with van der Waals surface area (Å²) in [7, 11) is 0. The number of anilines is 1. The zero-order chi connectivity index (χ0) is 23.0. The minimum Gasteiger partial charge on any atom is -0.493 e. The average molecular weight is 430 g/mol. The molecule has 0 aliphatic heterocycles. The van der Waals surface area contributed by atoms with Crippen molar-refractivity contribution in [2.75, 3.05) is 11.9 Å². The number of aliphatic carboxylic acids is 1. The van der Waals surface area contributed by atoms with Crippen molar-refractivity contribution < 1.29 is 28.9 Å². The average Bonchev–Trinajstić information content (AvgIpc) is 2.68. The molecular weight excluding hydrogens is 398 g/mol. The first-order chi connectivity index (χ1) is 14.5. The van der Waals surface area contributed by atoms with Crippen molar-refractivity contribution in [3.63, 3.8) is 0 Å². The van der Waals surface area contributed by atoms with E-state index in [-0.39, 0.29) is 6.10 Å². The van der Waals surface area contributed by atoms with E-state index in [0.717, 1.165) is 16.9 Å². The van der Waals surface area contributed by atoms with Crippen LogP contribution in [0.2, 0.25) is 0 Å². The molecule has 0 aliphatic rings. The van der Waals surface area contributed by atoms with Crippen molar-refractivity contribution in [1.29, 1.82) is 0 Å². The minimum absolute atomic E-state index is 0.326. The van der Waals surface area contributed by atoms with Crippen LogP contribution in [-0.4, -0.2) is 35.5 Å². The molecule has 0 saturated carbocycles. The Balaban J connectivity index is 1.79. The van der Waals surface area contributed by atoms with Crippen LogP contribution in [0.4, 0.5) is 10.5 Å². The molecule has 2 rings (SSSR count). The van der Waals surface area contributed by atoms with Gasteiger partial charge in [-0.05, 0) is 70.0 Å². The lowest BCUT2D eigenvalue weighted by atomic mass is 10.1. The van der Waals surface area contributed by atoms with Crippen LogP contribution in [-0.2, 0) is 20.7 Å². The summed E-state index contributed by atoms with van der Waals surface area (Å²) >= 11 is 0. The molecule has 0 spiro atoms.